The molecule has 3 N–H and O–H groups in total. The molecule has 0 fully saturated rings. The number of hydrogen-bond donors (Lipinski definition) is 3. The normalized spacial score (nSPS) is 14.1. The van der Waals surface area contributed by atoms with Crippen LogP contribution in [-0.2, 0) is 32.7 Å². The Kier molecular flexibility index (Phi) is 37.6. The Morgan fingerprint density at radius 2 is 0.925 bits per heavy atom. The molecule has 0 saturated heterocycles. The van der Waals surface area contributed by atoms with Crippen molar-refractivity contribution >= 4 is 19.8 Å². The summed E-state index contributed by atoms with van der Waals surface area (Å²) in [6.07, 6.45) is 37.1. The van der Waals surface area contributed by atoms with Crippen LogP contribution >= 0.6 is 7.82 Å². The number of carbonyl (C=O) groups excluding carboxylic acids is 2. The maximum Gasteiger partial charge on any atom is 0.472 e. The zero-order valence-electron chi connectivity index (χ0n) is 33.7. The molecular formula is C42H79O10P. The second kappa shape index (κ2) is 38.7. The Morgan fingerprint density at radius 3 is 1.38 bits per heavy atom. The number of hydrogen-bond acceptors (Lipinski definition) is 9. The summed E-state index contributed by atoms with van der Waals surface area (Å²) in [5, 5.41) is 18.3. The first-order valence-electron chi connectivity index (χ1n) is 21.3. The van der Waals surface area contributed by atoms with E-state index >= 15 is 0 Å². The van der Waals surface area contributed by atoms with Gasteiger partial charge in [0.2, 0.25) is 0 Å². The minimum atomic E-state index is -4.61. The van der Waals surface area contributed by atoms with E-state index in [1.807, 2.05) is 0 Å². The van der Waals surface area contributed by atoms with Gasteiger partial charge in [-0.3, -0.25) is 18.6 Å². The number of esters is 2. The number of allylic oxidation sites excluding steroid dienone is 4. The molecule has 10 nitrogen and oxygen atoms in total. The van der Waals surface area contributed by atoms with Crippen molar-refractivity contribution in [3.63, 3.8) is 0 Å². The lowest BCUT2D eigenvalue weighted by Crippen LogP contribution is -2.29. The van der Waals surface area contributed by atoms with Gasteiger partial charge in [0.25, 0.3) is 0 Å². The van der Waals surface area contributed by atoms with E-state index in [2.05, 4.69) is 42.7 Å². The Labute approximate surface area is 323 Å². The van der Waals surface area contributed by atoms with Crippen LogP contribution in [-0.4, -0.2) is 65.7 Å². The van der Waals surface area contributed by atoms with Gasteiger partial charge >= 0.3 is 19.8 Å². The highest BCUT2D eigenvalue weighted by Crippen LogP contribution is 2.43. The summed E-state index contributed by atoms with van der Waals surface area (Å²) in [6, 6.07) is 0. The van der Waals surface area contributed by atoms with Gasteiger partial charge in [0.1, 0.15) is 12.7 Å². The van der Waals surface area contributed by atoms with E-state index in [0.717, 1.165) is 57.8 Å². The number of ether oxygens (including phenoxy) is 2. The predicted molar refractivity (Wildman–Crippen MR) is 215 cm³/mol. The SMILES string of the molecule is CCCCCC/C=C/CCCCCCCCCC(=O)O[C@H](COC(=O)CCCCCCC/C=C/CCCCCCCC)COP(=O)(O)OC[C@@H](O)CO. The molecule has 0 aliphatic heterocycles. The Morgan fingerprint density at radius 1 is 0.547 bits per heavy atom. The minimum Gasteiger partial charge on any atom is -0.462 e. The number of phosphoric acid groups is 1. The lowest BCUT2D eigenvalue weighted by molar-refractivity contribution is -0.161. The summed E-state index contributed by atoms with van der Waals surface area (Å²) in [4.78, 5) is 34.9. The van der Waals surface area contributed by atoms with Gasteiger partial charge < -0.3 is 24.6 Å². The molecule has 3 atom stereocenters. The molecule has 0 heterocycles. The van der Waals surface area contributed by atoms with Crippen molar-refractivity contribution in [1.29, 1.82) is 0 Å². The summed E-state index contributed by atoms with van der Waals surface area (Å²) < 4.78 is 32.7. The molecule has 312 valence electrons. The molecule has 0 spiro atoms. The summed E-state index contributed by atoms with van der Waals surface area (Å²) in [5.41, 5.74) is 0. The van der Waals surface area contributed by atoms with Crippen molar-refractivity contribution in [3.8, 4) is 0 Å². The zero-order valence-corrected chi connectivity index (χ0v) is 34.6. The van der Waals surface area contributed by atoms with Crippen molar-refractivity contribution in [1.82, 2.24) is 0 Å². The van der Waals surface area contributed by atoms with E-state index in [0.29, 0.717) is 12.8 Å². The molecular weight excluding hydrogens is 695 g/mol. The van der Waals surface area contributed by atoms with E-state index in [9.17, 15) is 24.2 Å². The van der Waals surface area contributed by atoms with Gasteiger partial charge in [-0.15, -0.1) is 0 Å². The monoisotopic (exact) mass is 775 g/mol. The molecule has 0 saturated carbocycles. The van der Waals surface area contributed by atoms with E-state index in [-0.39, 0.29) is 19.4 Å². The van der Waals surface area contributed by atoms with Crippen LogP contribution < -0.4 is 0 Å². The van der Waals surface area contributed by atoms with Crippen LogP contribution in [0.2, 0.25) is 0 Å². The predicted octanol–water partition coefficient (Wildman–Crippen LogP) is 11.0. The quantitative estimate of drug-likeness (QED) is 0.0238. The molecule has 0 aliphatic rings. The van der Waals surface area contributed by atoms with Gasteiger partial charge in [-0.25, -0.2) is 4.57 Å². The number of unbranched alkanes of at least 4 members (excludes halogenated alkanes) is 22. The van der Waals surface area contributed by atoms with Crippen molar-refractivity contribution in [2.24, 2.45) is 0 Å². The third-order valence-electron chi connectivity index (χ3n) is 9.08. The maximum atomic E-state index is 12.6. The third-order valence-corrected chi connectivity index (χ3v) is 10.0. The Balaban J connectivity index is 4.32. The molecule has 0 radical (unpaired) electrons. The highest BCUT2D eigenvalue weighted by Gasteiger charge is 2.27. The number of rotatable bonds is 40. The first kappa shape index (κ1) is 51.5. The van der Waals surface area contributed by atoms with Crippen molar-refractivity contribution in [2.75, 3.05) is 26.4 Å². The van der Waals surface area contributed by atoms with Crippen LogP contribution in [0, 0.1) is 0 Å². The van der Waals surface area contributed by atoms with Gasteiger partial charge in [-0.1, -0.05) is 141 Å². The maximum absolute atomic E-state index is 12.6. The van der Waals surface area contributed by atoms with Gasteiger partial charge in [0.15, 0.2) is 6.10 Å². The lowest BCUT2D eigenvalue weighted by atomic mass is 10.1. The minimum absolute atomic E-state index is 0.179. The summed E-state index contributed by atoms with van der Waals surface area (Å²) in [7, 11) is -4.61. The fraction of sp³-hybridized carbons (Fsp3) is 0.857. The number of carbonyl (C=O) groups is 2. The average Bonchev–Trinajstić information content (AvgIpc) is 3.14. The first-order chi connectivity index (χ1) is 25.7. The molecule has 0 aromatic rings. The fourth-order valence-corrected chi connectivity index (χ4v) is 6.54. The molecule has 0 amide bonds. The molecule has 0 aliphatic carbocycles. The summed E-state index contributed by atoms with van der Waals surface area (Å²) in [5.74, 6) is -0.936. The summed E-state index contributed by atoms with van der Waals surface area (Å²) in [6.45, 7) is 2.35. The standard InChI is InChI=1S/C42H79O10P/c1-3-5-7-9-11-13-15-17-19-21-23-25-27-29-31-33-41(45)49-37-40(38-51-53(47,48)50-36-39(44)35-43)52-42(46)34-32-30-28-26-24-22-20-18-16-14-12-10-8-6-4-2/h14,16-17,19,39-40,43-44H,3-13,15,18,20-38H2,1-2H3,(H,47,48)/b16-14+,19-17+/t39-,40+/m0/s1. The summed E-state index contributed by atoms with van der Waals surface area (Å²) >= 11 is 0. The average molecular weight is 775 g/mol. The van der Waals surface area contributed by atoms with Gasteiger partial charge in [-0.05, 0) is 64.2 Å². The number of aliphatic hydroxyl groups excluding tert-OH is 2. The molecule has 1 unspecified atom stereocenters. The lowest BCUT2D eigenvalue weighted by Gasteiger charge is -2.20. The van der Waals surface area contributed by atoms with Crippen molar-refractivity contribution in [2.45, 2.75) is 206 Å². The largest absolute Gasteiger partial charge is 0.472 e. The Bertz CT molecular complexity index is 941. The topological polar surface area (TPSA) is 149 Å². The number of phosphoric ester groups is 1. The van der Waals surface area contributed by atoms with E-state index < -0.39 is 51.8 Å². The van der Waals surface area contributed by atoms with E-state index in [4.69, 9.17) is 19.1 Å². The highest BCUT2D eigenvalue weighted by molar-refractivity contribution is 7.47. The molecule has 0 bridgehead atoms. The smallest absolute Gasteiger partial charge is 0.462 e. The Hall–Kier alpha value is -1.55. The van der Waals surface area contributed by atoms with Gasteiger partial charge in [0.05, 0.1) is 19.8 Å². The van der Waals surface area contributed by atoms with E-state index in [1.165, 1.54) is 96.3 Å². The van der Waals surface area contributed by atoms with E-state index in [1.54, 1.807) is 0 Å². The van der Waals surface area contributed by atoms with Crippen LogP contribution in [0.4, 0.5) is 0 Å². The second-order valence-electron chi connectivity index (χ2n) is 14.4. The van der Waals surface area contributed by atoms with Crippen LogP contribution in [0.5, 0.6) is 0 Å². The van der Waals surface area contributed by atoms with Crippen LogP contribution in [0.1, 0.15) is 194 Å². The second-order valence-corrected chi connectivity index (χ2v) is 15.8. The zero-order chi connectivity index (χ0) is 39.1. The number of aliphatic hydroxyl groups is 2. The molecule has 0 aromatic carbocycles. The molecule has 53 heavy (non-hydrogen) atoms. The van der Waals surface area contributed by atoms with Crippen molar-refractivity contribution in [3.05, 3.63) is 24.3 Å². The first-order valence-corrected chi connectivity index (χ1v) is 22.8. The van der Waals surface area contributed by atoms with Crippen molar-refractivity contribution < 1.29 is 47.8 Å². The molecule has 0 rings (SSSR count). The fourth-order valence-electron chi connectivity index (χ4n) is 5.75. The highest BCUT2D eigenvalue weighted by atomic mass is 31.2. The molecule has 11 heteroatoms. The van der Waals surface area contributed by atoms with Crippen LogP contribution in [0.25, 0.3) is 0 Å². The van der Waals surface area contributed by atoms with Crippen LogP contribution in [0.15, 0.2) is 24.3 Å². The third kappa shape index (κ3) is 38.5. The van der Waals surface area contributed by atoms with Crippen LogP contribution in [0.3, 0.4) is 0 Å². The van der Waals surface area contributed by atoms with Gasteiger partial charge in [-0.2, -0.15) is 0 Å². The molecule has 0 aromatic heterocycles. The van der Waals surface area contributed by atoms with Gasteiger partial charge in [0, 0.05) is 12.8 Å².